The van der Waals surface area contributed by atoms with E-state index in [4.69, 9.17) is 17.0 Å². The van der Waals surface area contributed by atoms with Crippen molar-refractivity contribution in [3.05, 3.63) is 114 Å². The number of methoxy groups -OCH3 is 1. The van der Waals surface area contributed by atoms with Gasteiger partial charge in [0.05, 0.1) is 18.4 Å². The Morgan fingerprint density at radius 3 is 1.97 bits per heavy atom. The third-order valence-corrected chi connectivity index (χ3v) is 5.41. The van der Waals surface area contributed by atoms with Gasteiger partial charge in [-0.05, 0) is 85.0 Å². The quantitative estimate of drug-likeness (QED) is 0.241. The second-order valence-corrected chi connectivity index (χ2v) is 8.11. The van der Waals surface area contributed by atoms with Crippen LogP contribution in [-0.4, -0.2) is 24.0 Å². The minimum absolute atomic E-state index is 0.0763. The molecule has 8 heteroatoms. The van der Waals surface area contributed by atoms with E-state index in [-0.39, 0.29) is 16.9 Å². The highest BCUT2D eigenvalue weighted by Gasteiger charge is 2.14. The molecule has 0 fully saturated rings. The van der Waals surface area contributed by atoms with Gasteiger partial charge in [-0.1, -0.05) is 30.3 Å². The fourth-order valence-corrected chi connectivity index (χ4v) is 3.59. The maximum atomic E-state index is 13.0. The molecule has 0 saturated carbocycles. The van der Waals surface area contributed by atoms with Crippen LogP contribution in [0.4, 0.5) is 22.7 Å². The Morgan fingerprint density at radius 1 is 0.667 bits per heavy atom. The van der Waals surface area contributed by atoms with Gasteiger partial charge in [-0.2, -0.15) is 0 Å². The molecule has 7 nitrogen and oxygen atoms in total. The lowest BCUT2D eigenvalue weighted by atomic mass is 10.1. The van der Waals surface area contributed by atoms with E-state index in [1.54, 1.807) is 55.6 Å². The molecular formula is C28H24N4O3S. The molecule has 0 unspecified atom stereocenters. The summed E-state index contributed by atoms with van der Waals surface area (Å²) in [5.74, 6) is -0.0401. The van der Waals surface area contributed by atoms with Crippen molar-refractivity contribution in [2.24, 2.45) is 0 Å². The zero-order valence-electron chi connectivity index (χ0n) is 19.4. The minimum Gasteiger partial charge on any atom is -0.497 e. The standard InChI is InChI=1S/C28H24N4O3S/c1-35-23-17-11-19(12-18-23)26(33)32-28(36)31-25-10-6-5-9-24(25)27(34)30-22-15-13-21(14-16-22)29-20-7-3-2-4-8-20/h2-18,29H,1H3,(H,30,34)(H2,31,32,33,36). The molecule has 4 N–H and O–H groups in total. The molecule has 0 bridgehead atoms. The van der Waals surface area contributed by atoms with E-state index in [0.29, 0.717) is 28.3 Å². The first kappa shape index (κ1) is 24.4. The molecule has 0 spiro atoms. The largest absolute Gasteiger partial charge is 0.497 e. The molecule has 0 aliphatic heterocycles. The van der Waals surface area contributed by atoms with Gasteiger partial charge >= 0.3 is 0 Å². The first-order chi connectivity index (χ1) is 17.5. The van der Waals surface area contributed by atoms with Crippen LogP contribution in [0.25, 0.3) is 0 Å². The Hall–Kier alpha value is -4.69. The highest BCUT2D eigenvalue weighted by Crippen LogP contribution is 2.21. The zero-order chi connectivity index (χ0) is 25.3. The Labute approximate surface area is 214 Å². The van der Waals surface area contributed by atoms with Crippen LogP contribution in [0.2, 0.25) is 0 Å². The molecule has 0 saturated heterocycles. The van der Waals surface area contributed by atoms with E-state index >= 15 is 0 Å². The number of para-hydroxylation sites is 2. The van der Waals surface area contributed by atoms with Crippen molar-refractivity contribution >= 4 is 51.9 Å². The van der Waals surface area contributed by atoms with Crippen LogP contribution in [0.5, 0.6) is 5.75 Å². The van der Waals surface area contributed by atoms with Gasteiger partial charge in [0.1, 0.15) is 5.75 Å². The van der Waals surface area contributed by atoms with Crippen LogP contribution in [0.15, 0.2) is 103 Å². The average molecular weight is 497 g/mol. The Balaban J connectivity index is 1.38. The number of carbonyl (C=O) groups is 2. The second kappa shape index (κ2) is 11.6. The fourth-order valence-electron chi connectivity index (χ4n) is 3.38. The van der Waals surface area contributed by atoms with Crippen LogP contribution in [0.3, 0.4) is 0 Å². The van der Waals surface area contributed by atoms with Gasteiger partial charge in [0.15, 0.2) is 5.11 Å². The summed E-state index contributed by atoms with van der Waals surface area (Å²) in [4.78, 5) is 25.5. The number of benzene rings is 4. The number of amides is 2. The summed E-state index contributed by atoms with van der Waals surface area (Å²) >= 11 is 5.30. The van der Waals surface area contributed by atoms with Crippen molar-refractivity contribution in [2.75, 3.05) is 23.1 Å². The molecule has 4 aromatic rings. The summed E-state index contributed by atoms with van der Waals surface area (Å²) in [7, 11) is 1.56. The van der Waals surface area contributed by atoms with Crippen molar-refractivity contribution in [3.63, 3.8) is 0 Å². The highest BCUT2D eigenvalue weighted by molar-refractivity contribution is 7.80. The second-order valence-electron chi connectivity index (χ2n) is 7.70. The number of rotatable bonds is 7. The SMILES string of the molecule is COc1ccc(C(=O)NC(=S)Nc2ccccc2C(=O)Nc2ccc(Nc3ccccc3)cc2)cc1. The predicted molar refractivity (Wildman–Crippen MR) is 147 cm³/mol. The summed E-state index contributed by atoms with van der Waals surface area (Å²) < 4.78 is 5.11. The van der Waals surface area contributed by atoms with Gasteiger partial charge < -0.3 is 20.7 Å². The van der Waals surface area contributed by atoms with Gasteiger partial charge in [0, 0.05) is 22.6 Å². The predicted octanol–water partition coefficient (Wildman–Crippen LogP) is 5.82. The highest BCUT2D eigenvalue weighted by atomic mass is 32.1. The van der Waals surface area contributed by atoms with Crippen LogP contribution >= 0.6 is 12.2 Å². The van der Waals surface area contributed by atoms with Crippen LogP contribution in [-0.2, 0) is 0 Å². The number of hydrogen-bond acceptors (Lipinski definition) is 5. The number of hydrogen-bond donors (Lipinski definition) is 4. The Morgan fingerprint density at radius 2 is 1.28 bits per heavy atom. The van der Waals surface area contributed by atoms with E-state index in [1.165, 1.54) is 0 Å². The van der Waals surface area contributed by atoms with Crippen molar-refractivity contribution in [2.45, 2.75) is 0 Å². The zero-order valence-corrected chi connectivity index (χ0v) is 20.3. The number of carbonyl (C=O) groups excluding carboxylic acids is 2. The molecule has 0 aliphatic rings. The topological polar surface area (TPSA) is 91.5 Å². The van der Waals surface area contributed by atoms with Crippen molar-refractivity contribution in [1.29, 1.82) is 0 Å². The van der Waals surface area contributed by atoms with Gasteiger partial charge in [0.25, 0.3) is 11.8 Å². The Bertz CT molecular complexity index is 1360. The van der Waals surface area contributed by atoms with Gasteiger partial charge in [0.2, 0.25) is 0 Å². The van der Waals surface area contributed by atoms with Gasteiger partial charge in [-0.15, -0.1) is 0 Å². The van der Waals surface area contributed by atoms with Crippen molar-refractivity contribution in [1.82, 2.24) is 5.32 Å². The number of nitrogens with one attached hydrogen (secondary N) is 4. The van der Waals surface area contributed by atoms with Crippen molar-refractivity contribution in [3.8, 4) is 5.75 Å². The molecule has 4 aromatic carbocycles. The lowest BCUT2D eigenvalue weighted by Gasteiger charge is -2.14. The smallest absolute Gasteiger partial charge is 0.257 e. The summed E-state index contributed by atoms with van der Waals surface area (Å²) in [5, 5.41) is 11.8. The van der Waals surface area contributed by atoms with Crippen LogP contribution < -0.4 is 26.0 Å². The molecule has 4 rings (SSSR count). The monoisotopic (exact) mass is 496 g/mol. The lowest BCUT2D eigenvalue weighted by Crippen LogP contribution is -2.34. The summed E-state index contributed by atoms with van der Waals surface area (Å²) in [5.41, 5.74) is 3.80. The molecule has 36 heavy (non-hydrogen) atoms. The number of thiocarbonyl (C=S) groups is 1. The van der Waals surface area contributed by atoms with Crippen LogP contribution in [0.1, 0.15) is 20.7 Å². The lowest BCUT2D eigenvalue weighted by molar-refractivity contribution is 0.0976. The maximum Gasteiger partial charge on any atom is 0.257 e. The first-order valence-corrected chi connectivity index (χ1v) is 11.5. The normalized spacial score (nSPS) is 10.1. The number of anilines is 4. The van der Waals surface area contributed by atoms with E-state index in [2.05, 4.69) is 21.3 Å². The van der Waals surface area contributed by atoms with Crippen LogP contribution in [0, 0.1) is 0 Å². The molecule has 0 atom stereocenters. The maximum absolute atomic E-state index is 13.0. The number of ether oxygens (including phenoxy) is 1. The molecule has 180 valence electrons. The van der Waals surface area contributed by atoms with Crippen molar-refractivity contribution < 1.29 is 14.3 Å². The summed E-state index contributed by atoms with van der Waals surface area (Å²) in [6.07, 6.45) is 0. The minimum atomic E-state index is -0.374. The van der Waals surface area contributed by atoms with Gasteiger partial charge in [-0.25, -0.2) is 0 Å². The molecule has 0 heterocycles. The van der Waals surface area contributed by atoms with E-state index in [1.807, 2.05) is 54.6 Å². The molecular weight excluding hydrogens is 472 g/mol. The summed E-state index contributed by atoms with van der Waals surface area (Å²) in [6.45, 7) is 0. The third-order valence-electron chi connectivity index (χ3n) is 5.20. The summed E-state index contributed by atoms with van der Waals surface area (Å²) in [6, 6.07) is 30.8. The molecule has 0 aliphatic carbocycles. The first-order valence-electron chi connectivity index (χ1n) is 11.1. The molecule has 0 aromatic heterocycles. The van der Waals surface area contributed by atoms with E-state index in [9.17, 15) is 9.59 Å². The van der Waals surface area contributed by atoms with Gasteiger partial charge in [-0.3, -0.25) is 14.9 Å². The van der Waals surface area contributed by atoms with E-state index in [0.717, 1.165) is 11.4 Å². The average Bonchev–Trinajstić information content (AvgIpc) is 2.90. The third kappa shape index (κ3) is 6.46. The molecule has 2 amide bonds. The Kier molecular flexibility index (Phi) is 7.90. The molecule has 0 radical (unpaired) electrons. The fraction of sp³-hybridized carbons (Fsp3) is 0.0357. The van der Waals surface area contributed by atoms with E-state index < -0.39 is 0 Å².